The van der Waals surface area contributed by atoms with Gasteiger partial charge in [-0.05, 0) is 56.3 Å². The molecule has 6 aromatic rings. The highest BCUT2D eigenvalue weighted by atomic mass is 32.7. The van der Waals surface area contributed by atoms with Crippen molar-refractivity contribution in [2.75, 3.05) is 76.3 Å². The number of aromatic nitrogens is 12. The number of aliphatic hydroxyl groups excluding tert-OH is 2. The molecule has 4 aliphatic rings. The van der Waals surface area contributed by atoms with Gasteiger partial charge in [0.15, 0.2) is 53.1 Å². The minimum Gasteiger partial charge on any atom is -0.464 e. The molecule has 0 spiro atoms. The van der Waals surface area contributed by atoms with Crippen LogP contribution in [0.15, 0.2) is 38.0 Å². The maximum absolute atomic E-state index is 14.3. The van der Waals surface area contributed by atoms with Gasteiger partial charge in [0.2, 0.25) is 0 Å². The lowest BCUT2D eigenvalue weighted by atomic mass is 9.87. The van der Waals surface area contributed by atoms with Crippen molar-refractivity contribution in [1.82, 2.24) is 58.6 Å². The number of ether oxygens (including phenoxy) is 6. The first-order valence-electron chi connectivity index (χ1n) is 33.7. The van der Waals surface area contributed by atoms with Crippen molar-refractivity contribution in [3.63, 3.8) is 0 Å². The van der Waals surface area contributed by atoms with Crippen LogP contribution in [0.1, 0.15) is 149 Å². The second-order valence-electron chi connectivity index (χ2n) is 25.7. The molecule has 6 aromatic heterocycles. The molecule has 38 nitrogen and oxygen atoms in total. The quantitative estimate of drug-likeness (QED) is 0.0108. The number of hydrogen-bond donors (Lipinski definition) is 9. The molecule has 0 amide bonds. The van der Waals surface area contributed by atoms with Gasteiger partial charge in [0, 0.05) is 19.5 Å². The number of carbonyl (C=O) groups excluding carboxylic acids is 1. The van der Waals surface area contributed by atoms with Gasteiger partial charge in [0.1, 0.15) is 96.6 Å². The molecule has 4 aliphatic heterocycles. The van der Waals surface area contributed by atoms with Crippen molar-refractivity contribution in [2.24, 2.45) is 5.41 Å². The lowest BCUT2D eigenvalue weighted by Crippen LogP contribution is -2.51. The smallest absolute Gasteiger partial charge is 0.464 e. The van der Waals surface area contributed by atoms with Crippen molar-refractivity contribution in [1.29, 1.82) is 0 Å². The molecule has 0 aromatic carbocycles. The highest BCUT2D eigenvalue weighted by molar-refractivity contribution is 8.54. The molecule has 0 aliphatic carbocycles. The molecule has 44 heteroatoms. The minimum atomic E-state index is -5.42. The maximum Gasteiger partial charge on any atom is 0.472 e. The number of nitrogens with two attached hydrogens (primary N) is 3. The van der Waals surface area contributed by atoms with Gasteiger partial charge in [-0.1, -0.05) is 96.8 Å². The van der Waals surface area contributed by atoms with Crippen molar-refractivity contribution in [3.8, 4) is 0 Å². The SMILES string of the molecule is CCCCCCCCCCCCCCCCC(C)(C)C(=O)OCCSP(=O)(O)OC1[C@H](n2cnc3c(N)ncnc32)O[C@@]2(COP(O)(=S)OC3[C@@H](O)[C@@H](COP(=O)(O)OC4[C@@H](OC)[C@@H](COP(=O)(O)OCCO)O[C@H]4n4cnc5c(N)ncnc54)O[C@H]3n3cnc4c(N)ncnc43)CCCO[C@H]12. The zero-order valence-electron chi connectivity index (χ0n) is 56.8. The molecule has 10 heterocycles. The van der Waals surface area contributed by atoms with Gasteiger partial charge in [0.05, 0.1) is 57.4 Å². The third kappa shape index (κ3) is 19.8. The van der Waals surface area contributed by atoms with Crippen LogP contribution in [0, 0.1) is 5.41 Å². The molecule has 0 saturated carbocycles. The summed E-state index contributed by atoms with van der Waals surface area (Å²) in [6.07, 6.45) is 8.42. The summed E-state index contributed by atoms with van der Waals surface area (Å²) in [7, 11) is -9.03. The Labute approximate surface area is 596 Å². The van der Waals surface area contributed by atoms with Crippen LogP contribution in [0.2, 0.25) is 0 Å². The minimum absolute atomic E-state index is 0.0162. The Morgan fingerprint density at radius 1 is 0.647 bits per heavy atom. The Morgan fingerprint density at radius 3 is 1.71 bits per heavy atom. The van der Waals surface area contributed by atoms with Crippen molar-refractivity contribution < 1.29 is 108 Å². The highest BCUT2D eigenvalue weighted by Crippen LogP contribution is 2.62. The number of phosphoric ester groups is 2. The Morgan fingerprint density at radius 2 is 1.16 bits per heavy atom. The van der Waals surface area contributed by atoms with Gasteiger partial charge in [0.25, 0.3) is 0 Å². The van der Waals surface area contributed by atoms with Crippen molar-refractivity contribution in [2.45, 2.75) is 203 Å². The van der Waals surface area contributed by atoms with E-state index in [-0.39, 0.29) is 76.3 Å². The molecule has 4 saturated heterocycles. The van der Waals surface area contributed by atoms with Crippen LogP contribution in [0.5, 0.6) is 0 Å². The van der Waals surface area contributed by atoms with Gasteiger partial charge >= 0.3 is 35.1 Å². The first-order valence-corrected chi connectivity index (χ1v) is 42.4. The molecule has 4 fully saturated rings. The molecule has 7 unspecified atom stereocenters. The summed E-state index contributed by atoms with van der Waals surface area (Å²) in [5, 5.41) is 21.4. The molecular formula is C58H91N15O23P4S2. The van der Waals surface area contributed by atoms with Gasteiger partial charge in [-0.2, -0.15) is 0 Å². The van der Waals surface area contributed by atoms with Crippen LogP contribution in [0.25, 0.3) is 33.5 Å². The number of fused-ring (bicyclic) bond motifs is 4. The van der Waals surface area contributed by atoms with Crippen LogP contribution >= 0.6 is 40.5 Å². The van der Waals surface area contributed by atoms with E-state index < -0.39 is 147 Å². The number of nitrogen functional groups attached to an aromatic ring is 3. The fourth-order valence-electron chi connectivity index (χ4n) is 12.8. The number of hydrogen-bond acceptors (Lipinski definition) is 33. The number of imidazole rings is 3. The summed E-state index contributed by atoms with van der Waals surface area (Å²) in [5.41, 5.74) is 16.6. The van der Waals surface area contributed by atoms with E-state index in [1.807, 2.05) is 13.8 Å². The topological polar surface area (TPSA) is 519 Å². The summed E-state index contributed by atoms with van der Waals surface area (Å²) in [4.78, 5) is 96.9. The molecule has 102 heavy (non-hydrogen) atoms. The Balaban J connectivity index is 0.805. The van der Waals surface area contributed by atoms with Gasteiger partial charge in [-0.15, -0.1) is 0 Å². The molecule has 568 valence electrons. The van der Waals surface area contributed by atoms with E-state index in [2.05, 4.69) is 51.8 Å². The Kier molecular flexibility index (Phi) is 27.8. The highest BCUT2D eigenvalue weighted by Gasteiger charge is 2.62. The van der Waals surface area contributed by atoms with Crippen LogP contribution in [-0.2, 0) is 90.4 Å². The van der Waals surface area contributed by atoms with Crippen molar-refractivity contribution >= 4 is 109 Å². The Hall–Kier alpha value is -4.51. The van der Waals surface area contributed by atoms with Gasteiger partial charge in [-0.3, -0.25) is 45.6 Å². The molecule has 10 rings (SSSR count). The van der Waals surface area contributed by atoms with Crippen LogP contribution in [0.4, 0.5) is 17.5 Å². The molecule has 0 radical (unpaired) electrons. The van der Waals surface area contributed by atoms with E-state index in [4.69, 9.17) is 94.2 Å². The standard InChI is InChI=1S/C58H91N15O23P4S2/c1-5-6-7-8-9-10-11-12-13-14-15-16-17-18-20-57(2,3)56(76)86-25-26-102-99(81,82)95-45-46-58(21-19-23-85-46,93-55(45)73-35-70-40-49(61)64-32-67-52(40)73)29-90-100(83,101)96-43-41(75)36(91-53(43)71-33-68-38-47(59)62-30-65-50(38)71)27-89-98(79,80)94-44-42(84-4)37(28-88-97(77,78)87-24-22-74)92-54(44)72-34-69-39-48(60)63-31-66-51(39)72/h30-37,41-46,53-55,74-75H,5-29H2,1-4H3,(H,77,78)(H,79,80)(H,81,82)(H,83,101)(H2,59,62,65)(H2,60,63,66)(H2,61,64,67)/t36-,37-,41+,42+,43?,44?,45?,46-,53-,54-,55-,58-,100?/m1/s1. The van der Waals surface area contributed by atoms with E-state index in [0.717, 1.165) is 38.3 Å². The number of phosphoric acid groups is 2. The first-order chi connectivity index (χ1) is 48.7. The number of aliphatic hydroxyl groups is 2. The van der Waals surface area contributed by atoms with Crippen LogP contribution in [0.3, 0.4) is 0 Å². The predicted octanol–water partition coefficient (Wildman–Crippen LogP) is 6.78. The lowest BCUT2D eigenvalue weighted by Gasteiger charge is -2.39. The van der Waals surface area contributed by atoms with Gasteiger partial charge < -0.3 is 79.9 Å². The van der Waals surface area contributed by atoms with Gasteiger partial charge in [-0.25, -0.2) is 58.6 Å². The van der Waals surface area contributed by atoms with E-state index in [1.165, 1.54) is 110 Å². The summed E-state index contributed by atoms with van der Waals surface area (Å²) in [6.45, 7) is -7.14. The number of methoxy groups -OCH3 is 1. The first kappa shape index (κ1) is 80.0. The molecule has 16 atom stereocenters. The molecule has 0 bridgehead atoms. The van der Waals surface area contributed by atoms with Crippen molar-refractivity contribution in [3.05, 3.63) is 38.0 Å². The monoisotopic (exact) mass is 1550 g/mol. The summed E-state index contributed by atoms with van der Waals surface area (Å²) < 4.78 is 122. The second kappa shape index (κ2) is 35.5. The maximum atomic E-state index is 14.3. The number of unbranched alkanes of at least 4 members (excludes halogenated alkanes) is 13. The number of esters is 1. The van der Waals surface area contributed by atoms with Crippen LogP contribution < -0.4 is 17.2 Å². The second-order valence-corrected chi connectivity index (χ2v) is 35.4. The molecule has 12 N–H and O–H groups in total. The third-order valence-corrected chi connectivity index (χ3v) is 24.5. The summed E-state index contributed by atoms with van der Waals surface area (Å²) >= 11 is 6.22. The molecular weight excluding hydrogens is 1460 g/mol. The van der Waals surface area contributed by atoms with E-state index in [9.17, 15) is 43.2 Å². The largest absolute Gasteiger partial charge is 0.472 e. The summed E-state index contributed by atoms with van der Waals surface area (Å²) in [6, 6.07) is 0. The summed E-state index contributed by atoms with van der Waals surface area (Å²) in [5.74, 6) is -0.641. The number of rotatable bonds is 42. The van der Waals surface area contributed by atoms with Crippen LogP contribution in [-0.4, -0.2) is 208 Å². The number of nitrogens with zero attached hydrogens (tertiary/aromatic N) is 12. The van der Waals surface area contributed by atoms with E-state index >= 15 is 0 Å². The zero-order chi connectivity index (χ0) is 73.0. The van der Waals surface area contributed by atoms with E-state index in [0.29, 0.717) is 24.2 Å². The number of anilines is 3. The number of carbonyl (C=O) groups is 1. The third-order valence-electron chi connectivity index (χ3n) is 18.0. The lowest BCUT2D eigenvalue weighted by molar-refractivity contribution is -0.164. The average Bonchev–Trinajstić information content (AvgIpc) is 1.59. The van der Waals surface area contributed by atoms with E-state index in [1.54, 1.807) is 0 Å². The predicted molar refractivity (Wildman–Crippen MR) is 369 cm³/mol. The Bertz CT molecular complexity index is 3970. The average molecular weight is 1550 g/mol. The zero-order valence-corrected chi connectivity index (χ0v) is 62.0. The fourth-order valence-corrected chi connectivity index (χ4v) is 18.3. The fraction of sp³-hybridized carbons (Fsp3) is 0.724. The normalized spacial score (nSPS) is 27.1.